The highest BCUT2D eigenvalue weighted by molar-refractivity contribution is 5.94. The van der Waals surface area contributed by atoms with Crippen molar-refractivity contribution < 1.29 is 18.4 Å². The van der Waals surface area contributed by atoms with Gasteiger partial charge in [0.05, 0.1) is 23.5 Å². The Labute approximate surface area is 141 Å². The van der Waals surface area contributed by atoms with Crippen LogP contribution >= 0.6 is 0 Å². The molecular weight excluding hydrogens is 330 g/mol. The van der Waals surface area contributed by atoms with Crippen molar-refractivity contribution in [2.24, 2.45) is 0 Å². The van der Waals surface area contributed by atoms with Crippen molar-refractivity contribution in [2.75, 3.05) is 10.6 Å². The van der Waals surface area contributed by atoms with E-state index in [0.29, 0.717) is 17.4 Å². The molecule has 3 rings (SSSR count). The van der Waals surface area contributed by atoms with Crippen molar-refractivity contribution in [3.05, 3.63) is 60.1 Å². The number of carbonyl (C=O) groups is 2. The summed E-state index contributed by atoms with van der Waals surface area (Å²) in [7, 11) is 0. The lowest BCUT2D eigenvalue weighted by Crippen LogP contribution is -2.16. The van der Waals surface area contributed by atoms with Crippen LogP contribution in [-0.4, -0.2) is 21.2 Å². The van der Waals surface area contributed by atoms with Gasteiger partial charge in [-0.3, -0.25) is 9.59 Å². The number of carbonyl (C=O) groups excluding carboxylic acids is 2. The summed E-state index contributed by atoms with van der Waals surface area (Å²) in [6, 6.07) is 7.08. The molecule has 3 aromatic rings. The lowest BCUT2D eigenvalue weighted by atomic mass is 10.2. The molecule has 0 aliphatic rings. The molecule has 2 heterocycles. The van der Waals surface area contributed by atoms with Crippen LogP contribution in [0.4, 0.5) is 20.2 Å². The Bertz CT molecular complexity index is 935. The second-order valence-electron chi connectivity index (χ2n) is 5.42. The number of imidazole rings is 1. The average molecular weight is 344 g/mol. The Morgan fingerprint density at radius 2 is 1.84 bits per heavy atom. The molecule has 1 aromatic carbocycles. The van der Waals surface area contributed by atoms with Gasteiger partial charge in [0, 0.05) is 25.4 Å². The third kappa shape index (κ3) is 3.79. The summed E-state index contributed by atoms with van der Waals surface area (Å²) in [4.78, 5) is 27.4. The van der Waals surface area contributed by atoms with Gasteiger partial charge in [-0.15, -0.1) is 0 Å². The highest BCUT2D eigenvalue weighted by Gasteiger charge is 2.14. The summed E-state index contributed by atoms with van der Waals surface area (Å²) in [6.45, 7) is 1.20. The molecule has 2 aromatic heterocycles. The van der Waals surface area contributed by atoms with Gasteiger partial charge in [0.15, 0.2) is 0 Å². The maximum Gasteiger partial charge on any atom is 0.230 e. The van der Waals surface area contributed by atoms with E-state index in [9.17, 15) is 18.4 Å². The van der Waals surface area contributed by atoms with E-state index in [2.05, 4.69) is 15.6 Å². The quantitative estimate of drug-likeness (QED) is 0.764. The van der Waals surface area contributed by atoms with E-state index in [-0.39, 0.29) is 17.8 Å². The fraction of sp³-hybridized carbons (Fsp3) is 0.118. The summed E-state index contributed by atoms with van der Waals surface area (Å²) in [5, 5.41) is 4.60. The van der Waals surface area contributed by atoms with Gasteiger partial charge in [-0.05, 0) is 18.2 Å². The van der Waals surface area contributed by atoms with Crippen molar-refractivity contribution >= 4 is 28.8 Å². The normalized spacial score (nSPS) is 10.7. The van der Waals surface area contributed by atoms with E-state index >= 15 is 0 Å². The van der Waals surface area contributed by atoms with Gasteiger partial charge >= 0.3 is 0 Å². The first-order valence-corrected chi connectivity index (χ1v) is 7.41. The Kier molecular flexibility index (Phi) is 4.42. The Hall–Kier alpha value is -3.29. The highest BCUT2D eigenvalue weighted by Crippen LogP contribution is 2.23. The number of nitrogens with one attached hydrogen (secondary N) is 2. The van der Waals surface area contributed by atoms with E-state index < -0.39 is 23.4 Å². The van der Waals surface area contributed by atoms with Crippen LogP contribution < -0.4 is 10.6 Å². The average Bonchev–Trinajstić information content (AvgIpc) is 2.93. The zero-order valence-electron chi connectivity index (χ0n) is 13.2. The maximum atomic E-state index is 13.8. The van der Waals surface area contributed by atoms with Gasteiger partial charge in [-0.2, -0.15) is 0 Å². The number of benzene rings is 1. The summed E-state index contributed by atoms with van der Waals surface area (Å²) in [5.74, 6) is -2.88. The number of aromatic nitrogens is 2. The molecular formula is C17H14F2N4O2. The number of rotatable bonds is 4. The molecule has 8 heteroatoms. The summed E-state index contributed by atoms with van der Waals surface area (Å²) < 4.78 is 29.2. The minimum atomic E-state index is -0.935. The van der Waals surface area contributed by atoms with E-state index in [1.54, 1.807) is 22.9 Å². The number of pyridine rings is 1. The third-order valence-corrected chi connectivity index (χ3v) is 3.40. The SMILES string of the molecule is CC(=O)Nc1cc(NC(=O)Cc2cn3ccccc3n2)c(F)cc1F. The molecule has 0 bridgehead atoms. The number of anilines is 2. The van der Waals surface area contributed by atoms with Gasteiger partial charge in [0.1, 0.15) is 17.3 Å². The van der Waals surface area contributed by atoms with E-state index in [4.69, 9.17) is 0 Å². The first kappa shape index (κ1) is 16.6. The number of nitrogens with zero attached hydrogens (tertiary/aromatic N) is 2. The second kappa shape index (κ2) is 6.68. The Morgan fingerprint density at radius 1 is 1.12 bits per heavy atom. The number of hydrogen-bond donors (Lipinski definition) is 2. The molecule has 25 heavy (non-hydrogen) atoms. The fourth-order valence-electron chi connectivity index (χ4n) is 2.36. The Morgan fingerprint density at radius 3 is 2.52 bits per heavy atom. The van der Waals surface area contributed by atoms with Gasteiger partial charge < -0.3 is 15.0 Å². The molecule has 128 valence electrons. The molecule has 0 radical (unpaired) electrons. The number of fused-ring (bicyclic) bond motifs is 1. The van der Waals surface area contributed by atoms with E-state index in [0.717, 1.165) is 6.07 Å². The van der Waals surface area contributed by atoms with Crippen LogP contribution in [0, 0.1) is 11.6 Å². The van der Waals surface area contributed by atoms with Gasteiger partial charge in [-0.1, -0.05) is 6.07 Å². The van der Waals surface area contributed by atoms with Crippen LogP contribution in [0.2, 0.25) is 0 Å². The standard InChI is InChI=1S/C17H14F2N4O2/c1-10(24)20-14-8-15(13(19)7-12(14)18)22-17(25)6-11-9-23-5-3-2-4-16(23)21-11/h2-5,7-9H,6H2,1H3,(H,20,24)(H,22,25). The zero-order chi connectivity index (χ0) is 18.0. The topological polar surface area (TPSA) is 75.5 Å². The molecule has 2 N–H and O–H groups in total. The minimum absolute atomic E-state index is 0.0754. The number of hydrogen-bond acceptors (Lipinski definition) is 3. The van der Waals surface area contributed by atoms with Gasteiger partial charge in [-0.25, -0.2) is 13.8 Å². The van der Waals surface area contributed by atoms with Crippen LogP contribution in [0.15, 0.2) is 42.7 Å². The van der Waals surface area contributed by atoms with Crippen molar-refractivity contribution in [1.29, 1.82) is 0 Å². The van der Waals surface area contributed by atoms with Crippen LogP contribution in [-0.2, 0) is 16.0 Å². The highest BCUT2D eigenvalue weighted by atomic mass is 19.1. The lowest BCUT2D eigenvalue weighted by Gasteiger charge is -2.10. The molecule has 0 aliphatic carbocycles. The molecule has 0 saturated heterocycles. The third-order valence-electron chi connectivity index (χ3n) is 3.40. The van der Waals surface area contributed by atoms with Crippen LogP contribution in [0.1, 0.15) is 12.6 Å². The van der Waals surface area contributed by atoms with Crippen LogP contribution in [0.25, 0.3) is 5.65 Å². The summed E-state index contributed by atoms with van der Waals surface area (Å²) >= 11 is 0. The lowest BCUT2D eigenvalue weighted by molar-refractivity contribution is -0.116. The van der Waals surface area contributed by atoms with Crippen molar-refractivity contribution in [1.82, 2.24) is 9.38 Å². The smallest absolute Gasteiger partial charge is 0.230 e. The second-order valence-corrected chi connectivity index (χ2v) is 5.42. The number of amides is 2. The molecule has 0 spiro atoms. The molecule has 0 atom stereocenters. The first-order valence-electron chi connectivity index (χ1n) is 7.41. The van der Waals surface area contributed by atoms with Crippen molar-refractivity contribution in [2.45, 2.75) is 13.3 Å². The molecule has 0 aliphatic heterocycles. The molecule has 0 unspecified atom stereocenters. The van der Waals surface area contributed by atoms with Crippen molar-refractivity contribution in [3.8, 4) is 0 Å². The Balaban J connectivity index is 1.76. The predicted octanol–water partition coefficient (Wildman–Crippen LogP) is 2.75. The molecule has 0 fully saturated rings. The first-order chi connectivity index (χ1) is 11.9. The van der Waals surface area contributed by atoms with Crippen LogP contribution in [0.5, 0.6) is 0 Å². The van der Waals surface area contributed by atoms with E-state index in [1.165, 1.54) is 6.92 Å². The van der Waals surface area contributed by atoms with E-state index in [1.807, 2.05) is 12.1 Å². The maximum absolute atomic E-state index is 13.8. The zero-order valence-corrected chi connectivity index (χ0v) is 13.2. The van der Waals surface area contributed by atoms with Gasteiger partial charge in [0.2, 0.25) is 11.8 Å². The summed E-state index contributed by atoms with van der Waals surface area (Å²) in [5.41, 5.74) is 0.760. The monoisotopic (exact) mass is 344 g/mol. The summed E-state index contributed by atoms with van der Waals surface area (Å²) in [6.07, 6.45) is 3.41. The molecule has 6 nitrogen and oxygen atoms in total. The fourth-order valence-corrected chi connectivity index (χ4v) is 2.36. The largest absolute Gasteiger partial charge is 0.324 e. The molecule has 0 saturated carbocycles. The van der Waals surface area contributed by atoms with Crippen LogP contribution in [0.3, 0.4) is 0 Å². The number of halogens is 2. The van der Waals surface area contributed by atoms with Gasteiger partial charge in [0.25, 0.3) is 0 Å². The van der Waals surface area contributed by atoms with Crippen molar-refractivity contribution in [3.63, 3.8) is 0 Å². The molecule has 2 amide bonds. The minimum Gasteiger partial charge on any atom is -0.324 e. The predicted molar refractivity (Wildman–Crippen MR) is 88.2 cm³/mol.